The van der Waals surface area contributed by atoms with Gasteiger partial charge < -0.3 is 11.1 Å². The molecule has 1 aliphatic rings. The van der Waals surface area contributed by atoms with Gasteiger partial charge >= 0.3 is 0 Å². The van der Waals surface area contributed by atoms with Crippen molar-refractivity contribution in [3.8, 4) is 0 Å². The van der Waals surface area contributed by atoms with Gasteiger partial charge in [0.2, 0.25) is 0 Å². The third-order valence-corrected chi connectivity index (χ3v) is 4.72. The lowest BCUT2D eigenvalue weighted by molar-refractivity contribution is 0.254. The van der Waals surface area contributed by atoms with Crippen LogP contribution in [0.4, 0.5) is 0 Å². The van der Waals surface area contributed by atoms with Crippen LogP contribution in [0.3, 0.4) is 0 Å². The van der Waals surface area contributed by atoms with Crippen molar-refractivity contribution in [2.24, 2.45) is 11.1 Å². The van der Waals surface area contributed by atoms with Crippen LogP contribution in [0.25, 0.3) is 0 Å². The van der Waals surface area contributed by atoms with Gasteiger partial charge in [-0.25, -0.2) is 8.42 Å². The zero-order valence-electron chi connectivity index (χ0n) is 8.75. The minimum Gasteiger partial charge on any atom is -0.330 e. The molecule has 0 bridgehead atoms. The molecule has 1 aliphatic heterocycles. The van der Waals surface area contributed by atoms with Gasteiger partial charge in [0.15, 0.2) is 0 Å². The Kier molecular flexibility index (Phi) is 3.92. The average Bonchev–Trinajstić information content (AvgIpc) is 2.18. The van der Waals surface area contributed by atoms with Gasteiger partial charge in [-0.3, -0.25) is 0 Å². The van der Waals surface area contributed by atoms with Crippen molar-refractivity contribution in [1.29, 1.82) is 0 Å². The van der Waals surface area contributed by atoms with E-state index in [0.717, 1.165) is 13.1 Å². The van der Waals surface area contributed by atoms with E-state index in [9.17, 15) is 8.42 Å². The number of rotatable bonds is 4. The zero-order chi connectivity index (χ0) is 10.7. The summed E-state index contributed by atoms with van der Waals surface area (Å²) in [6, 6.07) is 0. The molecule has 84 valence electrons. The van der Waals surface area contributed by atoms with Gasteiger partial charge in [-0.05, 0) is 31.3 Å². The summed E-state index contributed by atoms with van der Waals surface area (Å²) < 4.78 is 22.5. The van der Waals surface area contributed by atoms with Crippen LogP contribution in [-0.4, -0.2) is 39.6 Å². The van der Waals surface area contributed by atoms with Crippen LogP contribution in [0.1, 0.15) is 19.8 Å². The Hall–Kier alpha value is -0.130. The maximum Gasteiger partial charge on any atom is 0.150 e. The van der Waals surface area contributed by atoms with Gasteiger partial charge in [0.05, 0.1) is 11.5 Å². The van der Waals surface area contributed by atoms with Crippen molar-refractivity contribution < 1.29 is 8.42 Å². The molecule has 0 aromatic heterocycles. The highest BCUT2D eigenvalue weighted by Gasteiger charge is 2.35. The van der Waals surface area contributed by atoms with E-state index in [0.29, 0.717) is 30.9 Å². The average molecular weight is 220 g/mol. The molecule has 3 N–H and O–H groups in total. The summed E-state index contributed by atoms with van der Waals surface area (Å²) in [6.45, 7) is 4.38. The molecule has 1 fully saturated rings. The molecule has 1 saturated heterocycles. The van der Waals surface area contributed by atoms with E-state index in [-0.39, 0.29) is 5.41 Å². The third-order valence-electron chi connectivity index (χ3n) is 3.07. The van der Waals surface area contributed by atoms with E-state index in [2.05, 4.69) is 5.32 Å². The Morgan fingerprint density at radius 1 is 1.36 bits per heavy atom. The second-order valence-corrected chi connectivity index (χ2v) is 6.44. The minimum absolute atomic E-state index is 0.0152. The minimum atomic E-state index is -2.77. The molecule has 0 saturated carbocycles. The lowest BCUT2D eigenvalue weighted by Gasteiger charge is -2.36. The Morgan fingerprint density at radius 3 is 2.36 bits per heavy atom. The van der Waals surface area contributed by atoms with Crippen LogP contribution in [0.2, 0.25) is 0 Å². The summed E-state index contributed by atoms with van der Waals surface area (Å²) in [6.07, 6.45) is 1.41. The van der Waals surface area contributed by atoms with Gasteiger partial charge in [0.1, 0.15) is 9.84 Å². The summed E-state index contributed by atoms with van der Waals surface area (Å²) in [4.78, 5) is 0. The molecule has 0 radical (unpaired) electrons. The molecule has 0 atom stereocenters. The van der Waals surface area contributed by atoms with E-state index >= 15 is 0 Å². The maximum atomic E-state index is 11.3. The Labute approximate surface area is 86.2 Å². The van der Waals surface area contributed by atoms with E-state index in [4.69, 9.17) is 5.73 Å². The first-order valence-electron chi connectivity index (χ1n) is 5.15. The van der Waals surface area contributed by atoms with Gasteiger partial charge in [-0.2, -0.15) is 0 Å². The summed E-state index contributed by atoms with van der Waals surface area (Å²) >= 11 is 0. The maximum absolute atomic E-state index is 11.3. The molecule has 0 unspecified atom stereocenters. The lowest BCUT2D eigenvalue weighted by atomic mass is 9.82. The van der Waals surface area contributed by atoms with Gasteiger partial charge in [-0.15, -0.1) is 0 Å². The molecule has 1 heterocycles. The standard InChI is InChI=1S/C9H20N2O2S/c1-2-11-8-9(7-10)3-5-14(12,13)6-4-9/h11H,2-8,10H2,1H3. The lowest BCUT2D eigenvalue weighted by Crippen LogP contribution is -2.45. The number of nitrogens with two attached hydrogens (primary N) is 1. The first-order valence-corrected chi connectivity index (χ1v) is 6.97. The van der Waals surface area contributed by atoms with Crippen LogP contribution < -0.4 is 11.1 Å². The fraction of sp³-hybridized carbons (Fsp3) is 1.00. The van der Waals surface area contributed by atoms with Gasteiger partial charge in [0.25, 0.3) is 0 Å². The second-order valence-electron chi connectivity index (χ2n) is 4.14. The van der Waals surface area contributed by atoms with E-state index < -0.39 is 9.84 Å². The molecule has 0 spiro atoms. The van der Waals surface area contributed by atoms with Gasteiger partial charge in [-0.1, -0.05) is 6.92 Å². The normalized spacial score (nSPS) is 24.7. The highest BCUT2D eigenvalue weighted by molar-refractivity contribution is 7.91. The van der Waals surface area contributed by atoms with Crippen LogP contribution >= 0.6 is 0 Å². The molecule has 0 aromatic rings. The molecular formula is C9H20N2O2S. The molecule has 4 nitrogen and oxygen atoms in total. The van der Waals surface area contributed by atoms with Crippen LogP contribution in [-0.2, 0) is 9.84 Å². The van der Waals surface area contributed by atoms with E-state index in [1.165, 1.54) is 0 Å². The smallest absolute Gasteiger partial charge is 0.150 e. The highest BCUT2D eigenvalue weighted by Crippen LogP contribution is 2.30. The van der Waals surface area contributed by atoms with Crippen molar-refractivity contribution in [2.75, 3.05) is 31.1 Å². The van der Waals surface area contributed by atoms with E-state index in [1.807, 2.05) is 6.92 Å². The number of hydrogen-bond acceptors (Lipinski definition) is 4. The van der Waals surface area contributed by atoms with Crippen molar-refractivity contribution in [3.05, 3.63) is 0 Å². The Morgan fingerprint density at radius 2 is 1.93 bits per heavy atom. The fourth-order valence-electron chi connectivity index (χ4n) is 1.81. The van der Waals surface area contributed by atoms with Crippen molar-refractivity contribution >= 4 is 9.84 Å². The predicted octanol–water partition coefficient (Wildman–Crippen LogP) is -0.250. The summed E-state index contributed by atoms with van der Waals surface area (Å²) in [5.74, 6) is 0.602. The molecule has 14 heavy (non-hydrogen) atoms. The molecular weight excluding hydrogens is 200 g/mol. The van der Waals surface area contributed by atoms with Gasteiger partial charge in [0, 0.05) is 6.54 Å². The second kappa shape index (κ2) is 4.59. The van der Waals surface area contributed by atoms with Crippen molar-refractivity contribution in [3.63, 3.8) is 0 Å². The Bertz CT molecular complexity index is 261. The van der Waals surface area contributed by atoms with Crippen molar-refractivity contribution in [2.45, 2.75) is 19.8 Å². The molecule has 0 aliphatic carbocycles. The van der Waals surface area contributed by atoms with Crippen molar-refractivity contribution in [1.82, 2.24) is 5.32 Å². The summed E-state index contributed by atoms with van der Waals surface area (Å²) in [5.41, 5.74) is 5.75. The van der Waals surface area contributed by atoms with Crippen LogP contribution in [0, 0.1) is 5.41 Å². The van der Waals surface area contributed by atoms with Crippen LogP contribution in [0.15, 0.2) is 0 Å². The Balaban J connectivity index is 2.56. The first-order chi connectivity index (χ1) is 6.54. The number of nitrogens with one attached hydrogen (secondary N) is 1. The summed E-state index contributed by atoms with van der Waals surface area (Å²) in [7, 11) is -2.77. The summed E-state index contributed by atoms with van der Waals surface area (Å²) in [5, 5.41) is 3.26. The zero-order valence-corrected chi connectivity index (χ0v) is 9.57. The predicted molar refractivity (Wildman–Crippen MR) is 57.9 cm³/mol. The SMILES string of the molecule is CCNCC1(CN)CCS(=O)(=O)CC1. The molecule has 1 rings (SSSR count). The fourth-order valence-corrected chi connectivity index (χ4v) is 3.51. The monoisotopic (exact) mass is 220 g/mol. The van der Waals surface area contributed by atoms with Crippen LogP contribution in [0.5, 0.6) is 0 Å². The third kappa shape index (κ3) is 2.93. The number of sulfone groups is 1. The molecule has 0 amide bonds. The molecule has 0 aromatic carbocycles. The quantitative estimate of drug-likeness (QED) is 0.685. The topological polar surface area (TPSA) is 72.2 Å². The highest BCUT2D eigenvalue weighted by atomic mass is 32.2. The molecule has 5 heteroatoms. The van der Waals surface area contributed by atoms with E-state index in [1.54, 1.807) is 0 Å². The first kappa shape index (κ1) is 11.9. The number of hydrogen-bond donors (Lipinski definition) is 2. The largest absolute Gasteiger partial charge is 0.330 e.